The van der Waals surface area contributed by atoms with Crippen LogP contribution in [-0.4, -0.2) is 12.1 Å². The van der Waals surface area contributed by atoms with E-state index in [0.29, 0.717) is 6.61 Å². The van der Waals surface area contributed by atoms with E-state index in [-0.39, 0.29) is 11.0 Å². The quantitative estimate of drug-likeness (QED) is 0.851. The molecule has 0 amide bonds. The highest BCUT2D eigenvalue weighted by Gasteiger charge is 2.14. The van der Waals surface area contributed by atoms with Crippen LogP contribution in [0.1, 0.15) is 40.2 Å². The minimum atomic E-state index is -0.289. The average molecular weight is 221 g/mol. The van der Waals surface area contributed by atoms with E-state index in [1.165, 1.54) is 5.56 Å². The molecule has 0 bridgehead atoms. The zero-order valence-corrected chi connectivity index (χ0v) is 11.0. The third kappa shape index (κ3) is 4.23. The van der Waals surface area contributed by atoms with Crippen molar-refractivity contribution in [1.29, 1.82) is 0 Å². The lowest BCUT2D eigenvalue weighted by atomic mass is 9.87. The van der Waals surface area contributed by atoms with Crippen molar-refractivity contribution in [1.82, 2.24) is 0 Å². The summed E-state index contributed by atoms with van der Waals surface area (Å²) >= 11 is 0. The molecule has 16 heavy (non-hydrogen) atoms. The zero-order chi connectivity index (χ0) is 12.4. The van der Waals surface area contributed by atoms with Crippen molar-refractivity contribution in [3.8, 4) is 5.75 Å². The van der Waals surface area contributed by atoms with E-state index in [0.717, 1.165) is 5.75 Å². The monoisotopic (exact) mass is 221 g/mol. The van der Waals surface area contributed by atoms with Gasteiger partial charge in [-0.25, -0.2) is 0 Å². The van der Waals surface area contributed by atoms with Crippen molar-refractivity contribution in [2.75, 3.05) is 6.61 Å². The lowest BCUT2D eigenvalue weighted by Gasteiger charge is -2.21. The molecule has 0 heterocycles. The second-order valence-electron chi connectivity index (χ2n) is 6.05. The molecule has 1 aromatic carbocycles. The molecule has 0 unspecified atom stereocenters. The Bertz CT molecular complexity index is 327. The SMILES string of the molecule is CC(C)(N)COc1ccc(C(C)(C)C)cc1. The van der Waals surface area contributed by atoms with Gasteiger partial charge in [-0.15, -0.1) is 0 Å². The Morgan fingerprint density at radius 1 is 1.00 bits per heavy atom. The van der Waals surface area contributed by atoms with E-state index < -0.39 is 0 Å². The van der Waals surface area contributed by atoms with E-state index in [9.17, 15) is 0 Å². The highest BCUT2D eigenvalue weighted by atomic mass is 16.5. The Hall–Kier alpha value is -1.02. The average Bonchev–Trinajstić information content (AvgIpc) is 2.13. The minimum absolute atomic E-state index is 0.186. The summed E-state index contributed by atoms with van der Waals surface area (Å²) in [5.74, 6) is 0.881. The van der Waals surface area contributed by atoms with Gasteiger partial charge in [0.05, 0.1) is 0 Å². The summed E-state index contributed by atoms with van der Waals surface area (Å²) in [6.45, 7) is 11.0. The molecular formula is C14H23NO. The van der Waals surface area contributed by atoms with Crippen LogP contribution in [0.2, 0.25) is 0 Å². The first-order chi connectivity index (χ1) is 7.18. The van der Waals surface area contributed by atoms with Crippen LogP contribution in [0, 0.1) is 0 Å². The molecule has 90 valence electrons. The normalized spacial score (nSPS) is 12.6. The summed E-state index contributed by atoms with van der Waals surface area (Å²) in [5, 5.41) is 0. The maximum atomic E-state index is 5.86. The Morgan fingerprint density at radius 3 is 1.88 bits per heavy atom. The van der Waals surface area contributed by atoms with Gasteiger partial charge in [0.25, 0.3) is 0 Å². The van der Waals surface area contributed by atoms with E-state index in [4.69, 9.17) is 10.5 Å². The van der Waals surface area contributed by atoms with Crippen molar-refractivity contribution in [2.24, 2.45) is 5.73 Å². The van der Waals surface area contributed by atoms with Crippen molar-refractivity contribution in [3.63, 3.8) is 0 Å². The molecule has 1 aromatic rings. The minimum Gasteiger partial charge on any atom is -0.492 e. The smallest absolute Gasteiger partial charge is 0.119 e. The highest BCUT2D eigenvalue weighted by Crippen LogP contribution is 2.24. The molecule has 2 nitrogen and oxygen atoms in total. The van der Waals surface area contributed by atoms with Crippen LogP contribution >= 0.6 is 0 Å². The van der Waals surface area contributed by atoms with E-state index in [2.05, 4.69) is 32.9 Å². The Morgan fingerprint density at radius 2 is 1.50 bits per heavy atom. The van der Waals surface area contributed by atoms with Crippen LogP contribution < -0.4 is 10.5 Å². The summed E-state index contributed by atoms with van der Waals surface area (Å²) in [4.78, 5) is 0. The predicted molar refractivity (Wildman–Crippen MR) is 68.9 cm³/mol. The summed E-state index contributed by atoms with van der Waals surface area (Å²) < 4.78 is 5.61. The van der Waals surface area contributed by atoms with Crippen molar-refractivity contribution >= 4 is 0 Å². The van der Waals surface area contributed by atoms with Crippen LogP contribution in [0.4, 0.5) is 0 Å². The van der Waals surface area contributed by atoms with Gasteiger partial charge in [0.1, 0.15) is 12.4 Å². The molecule has 1 rings (SSSR count). The second kappa shape index (κ2) is 4.46. The highest BCUT2D eigenvalue weighted by molar-refractivity contribution is 5.31. The van der Waals surface area contributed by atoms with Gasteiger partial charge in [-0.2, -0.15) is 0 Å². The third-order valence-corrected chi connectivity index (χ3v) is 2.33. The number of nitrogens with two attached hydrogens (primary N) is 1. The molecule has 0 aliphatic heterocycles. The second-order valence-corrected chi connectivity index (χ2v) is 6.05. The van der Waals surface area contributed by atoms with Gasteiger partial charge >= 0.3 is 0 Å². The summed E-state index contributed by atoms with van der Waals surface area (Å²) in [5.41, 5.74) is 7.07. The van der Waals surface area contributed by atoms with Crippen molar-refractivity contribution in [3.05, 3.63) is 29.8 Å². The molecule has 0 saturated carbocycles. The third-order valence-electron chi connectivity index (χ3n) is 2.33. The van der Waals surface area contributed by atoms with Gasteiger partial charge < -0.3 is 10.5 Å². The number of hydrogen-bond donors (Lipinski definition) is 1. The van der Waals surface area contributed by atoms with E-state index in [1.54, 1.807) is 0 Å². The Kier molecular flexibility index (Phi) is 3.64. The standard InChI is InChI=1S/C14H23NO/c1-13(2,3)11-6-8-12(9-7-11)16-10-14(4,5)15/h6-9H,10,15H2,1-5H3. The lowest BCUT2D eigenvalue weighted by Crippen LogP contribution is -2.38. The molecule has 0 aromatic heterocycles. The van der Waals surface area contributed by atoms with Crippen molar-refractivity contribution in [2.45, 2.75) is 45.6 Å². The molecule has 0 atom stereocenters. The largest absolute Gasteiger partial charge is 0.492 e. The number of benzene rings is 1. The van der Waals surface area contributed by atoms with Gasteiger partial charge in [-0.3, -0.25) is 0 Å². The maximum Gasteiger partial charge on any atom is 0.119 e. The fourth-order valence-electron chi connectivity index (χ4n) is 1.32. The van der Waals surface area contributed by atoms with Gasteiger partial charge in [-0.1, -0.05) is 32.9 Å². The number of rotatable bonds is 3. The molecule has 0 fully saturated rings. The summed E-state index contributed by atoms with van der Waals surface area (Å²) in [7, 11) is 0. The van der Waals surface area contributed by atoms with Crippen LogP contribution in [0.15, 0.2) is 24.3 Å². The van der Waals surface area contributed by atoms with Gasteiger partial charge in [0.2, 0.25) is 0 Å². The summed E-state index contributed by atoms with van der Waals surface area (Å²) in [6.07, 6.45) is 0. The fourth-order valence-corrected chi connectivity index (χ4v) is 1.32. The lowest BCUT2D eigenvalue weighted by molar-refractivity contribution is 0.243. The first kappa shape index (κ1) is 13.0. The van der Waals surface area contributed by atoms with Gasteiger partial charge in [-0.05, 0) is 37.0 Å². The van der Waals surface area contributed by atoms with Crippen molar-refractivity contribution < 1.29 is 4.74 Å². The molecule has 0 saturated heterocycles. The van der Waals surface area contributed by atoms with Crippen LogP contribution in [0.3, 0.4) is 0 Å². The molecule has 2 heteroatoms. The van der Waals surface area contributed by atoms with E-state index in [1.807, 2.05) is 26.0 Å². The number of ether oxygens (including phenoxy) is 1. The van der Waals surface area contributed by atoms with Gasteiger partial charge in [0, 0.05) is 5.54 Å². The first-order valence-electron chi connectivity index (χ1n) is 5.71. The fraction of sp³-hybridized carbons (Fsp3) is 0.571. The Labute approximate surface area is 98.8 Å². The topological polar surface area (TPSA) is 35.2 Å². The maximum absolute atomic E-state index is 5.86. The Balaban J connectivity index is 2.66. The molecule has 0 aliphatic carbocycles. The van der Waals surface area contributed by atoms with E-state index >= 15 is 0 Å². The predicted octanol–water partition coefficient (Wildman–Crippen LogP) is 3.10. The van der Waals surface area contributed by atoms with Crippen LogP contribution in [-0.2, 0) is 5.41 Å². The van der Waals surface area contributed by atoms with Crippen LogP contribution in [0.5, 0.6) is 5.75 Å². The molecule has 2 N–H and O–H groups in total. The summed E-state index contributed by atoms with van der Waals surface area (Å²) in [6, 6.07) is 8.23. The number of hydrogen-bond acceptors (Lipinski definition) is 2. The first-order valence-corrected chi connectivity index (χ1v) is 5.71. The molecule has 0 radical (unpaired) electrons. The zero-order valence-electron chi connectivity index (χ0n) is 11.0. The molecular weight excluding hydrogens is 198 g/mol. The molecule has 0 spiro atoms. The molecule has 0 aliphatic rings. The van der Waals surface area contributed by atoms with Gasteiger partial charge in [0.15, 0.2) is 0 Å². The van der Waals surface area contributed by atoms with Crippen LogP contribution in [0.25, 0.3) is 0 Å².